The molecule has 0 saturated carbocycles. The van der Waals surface area contributed by atoms with Crippen LogP contribution in [-0.4, -0.2) is 40.4 Å². The SMILES string of the molecule is CCCC(C)(C(=O)CCCCCO)C(C)(C)OCCC(C)(C)C(C)(C)O. The number of aliphatic hydroxyl groups excluding tert-OH is 1. The van der Waals surface area contributed by atoms with E-state index in [4.69, 9.17) is 9.84 Å². The molecule has 0 amide bonds. The van der Waals surface area contributed by atoms with Crippen molar-refractivity contribution in [2.75, 3.05) is 13.2 Å². The molecule has 0 aromatic carbocycles. The van der Waals surface area contributed by atoms with E-state index in [0.717, 1.165) is 38.5 Å². The molecule has 4 heteroatoms. The average molecular weight is 373 g/mol. The number of unbranched alkanes of at least 4 members (excludes halogenated alkanes) is 2. The quantitative estimate of drug-likeness (QED) is 0.426. The summed E-state index contributed by atoms with van der Waals surface area (Å²) in [5.74, 6) is 0.254. The van der Waals surface area contributed by atoms with Gasteiger partial charge >= 0.3 is 0 Å². The Labute approximate surface area is 161 Å². The molecule has 0 rings (SSSR count). The van der Waals surface area contributed by atoms with Crippen molar-refractivity contribution in [1.29, 1.82) is 0 Å². The van der Waals surface area contributed by atoms with E-state index in [1.165, 1.54) is 0 Å². The molecule has 0 spiro atoms. The number of carbonyl (C=O) groups is 1. The molecule has 0 bridgehead atoms. The molecule has 0 aromatic rings. The van der Waals surface area contributed by atoms with Gasteiger partial charge in [0.2, 0.25) is 0 Å². The molecule has 0 heterocycles. The summed E-state index contributed by atoms with van der Waals surface area (Å²) in [7, 11) is 0. The predicted molar refractivity (Wildman–Crippen MR) is 108 cm³/mol. The standard InChI is InChI=1S/C22H44O4/c1-9-14-22(8,18(24)13-11-10-12-16-23)21(6,7)26-17-15-19(2,3)20(4,5)25/h23,25H,9-17H2,1-8H3. The highest BCUT2D eigenvalue weighted by atomic mass is 16.5. The summed E-state index contributed by atoms with van der Waals surface area (Å²) in [5, 5.41) is 19.2. The second-order valence-electron chi connectivity index (χ2n) is 9.59. The van der Waals surface area contributed by atoms with Gasteiger partial charge in [-0.25, -0.2) is 0 Å². The van der Waals surface area contributed by atoms with Crippen LogP contribution in [-0.2, 0) is 9.53 Å². The van der Waals surface area contributed by atoms with Crippen LogP contribution in [0, 0.1) is 10.8 Å². The zero-order valence-electron chi connectivity index (χ0n) is 18.6. The first-order valence-electron chi connectivity index (χ1n) is 10.3. The Balaban J connectivity index is 4.99. The molecule has 0 aliphatic rings. The molecular formula is C22H44O4. The fourth-order valence-corrected chi connectivity index (χ4v) is 3.15. The van der Waals surface area contributed by atoms with E-state index in [-0.39, 0.29) is 17.8 Å². The fraction of sp³-hybridized carbons (Fsp3) is 0.955. The molecule has 0 radical (unpaired) electrons. The van der Waals surface area contributed by atoms with E-state index < -0.39 is 16.6 Å². The highest BCUT2D eigenvalue weighted by molar-refractivity contribution is 5.85. The highest BCUT2D eigenvalue weighted by Gasteiger charge is 2.47. The second kappa shape index (κ2) is 10.2. The minimum atomic E-state index is -0.782. The van der Waals surface area contributed by atoms with Gasteiger partial charge in [-0.2, -0.15) is 0 Å². The van der Waals surface area contributed by atoms with Crippen LogP contribution < -0.4 is 0 Å². The van der Waals surface area contributed by atoms with Gasteiger partial charge in [0.05, 0.1) is 16.6 Å². The number of hydrogen-bond donors (Lipinski definition) is 2. The fourth-order valence-electron chi connectivity index (χ4n) is 3.15. The summed E-state index contributed by atoms with van der Waals surface area (Å²) in [5.41, 5.74) is -2.14. The first-order valence-corrected chi connectivity index (χ1v) is 10.3. The molecular weight excluding hydrogens is 328 g/mol. The Bertz CT molecular complexity index is 420. The van der Waals surface area contributed by atoms with Crippen LogP contribution in [0.3, 0.4) is 0 Å². The zero-order valence-corrected chi connectivity index (χ0v) is 18.6. The van der Waals surface area contributed by atoms with Crippen molar-refractivity contribution in [2.24, 2.45) is 10.8 Å². The summed E-state index contributed by atoms with van der Waals surface area (Å²) < 4.78 is 6.25. The van der Waals surface area contributed by atoms with Crippen LogP contribution in [0.5, 0.6) is 0 Å². The largest absolute Gasteiger partial charge is 0.396 e. The van der Waals surface area contributed by atoms with E-state index in [1.807, 2.05) is 48.5 Å². The lowest BCUT2D eigenvalue weighted by molar-refractivity contribution is -0.157. The lowest BCUT2D eigenvalue weighted by Crippen LogP contribution is -2.50. The van der Waals surface area contributed by atoms with Crippen LogP contribution in [0.4, 0.5) is 0 Å². The maximum atomic E-state index is 13.0. The molecule has 1 atom stereocenters. The van der Waals surface area contributed by atoms with Crippen molar-refractivity contribution in [3.05, 3.63) is 0 Å². The van der Waals surface area contributed by atoms with Gasteiger partial charge in [-0.3, -0.25) is 4.79 Å². The minimum Gasteiger partial charge on any atom is -0.396 e. The third-order valence-corrected chi connectivity index (χ3v) is 6.60. The van der Waals surface area contributed by atoms with E-state index in [0.29, 0.717) is 13.0 Å². The molecule has 0 saturated heterocycles. The van der Waals surface area contributed by atoms with E-state index >= 15 is 0 Å². The maximum absolute atomic E-state index is 13.0. The van der Waals surface area contributed by atoms with Gasteiger partial charge in [0, 0.05) is 19.6 Å². The lowest BCUT2D eigenvalue weighted by atomic mass is 9.68. The van der Waals surface area contributed by atoms with Crippen LogP contribution in [0.15, 0.2) is 0 Å². The van der Waals surface area contributed by atoms with Crippen LogP contribution in [0.2, 0.25) is 0 Å². The molecule has 0 aliphatic carbocycles. The van der Waals surface area contributed by atoms with Crippen LogP contribution in [0.1, 0.15) is 100 Å². The monoisotopic (exact) mass is 372 g/mol. The van der Waals surface area contributed by atoms with Gasteiger partial charge in [0.1, 0.15) is 5.78 Å². The molecule has 1 unspecified atom stereocenters. The summed E-state index contributed by atoms with van der Waals surface area (Å²) >= 11 is 0. The van der Waals surface area contributed by atoms with Gasteiger partial charge in [-0.15, -0.1) is 0 Å². The van der Waals surface area contributed by atoms with Gasteiger partial charge in [0.15, 0.2) is 0 Å². The summed E-state index contributed by atoms with van der Waals surface area (Å²) in [6.45, 7) is 16.6. The second-order valence-corrected chi connectivity index (χ2v) is 9.59. The molecule has 156 valence electrons. The number of rotatable bonds is 14. The third kappa shape index (κ3) is 6.94. The summed E-state index contributed by atoms with van der Waals surface area (Å²) in [4.78, 5) is 13.0. The van der Waals surface area contributed by atoms with Gasteiger partial charge in [-0.05, 0) is 65.7 Å². The first kappa shape index (κ1) is 25.6. The Morgan fingerprint density at radius 1 is 0.923 bits per heavy atom. The van der Waals surface area contributed by atoms with Crippen molar-refractivity contribution in [2.45, 2.75) is 112 Å². The molecule has 4 nitrogen and oxygen atoms in total. The Hall–Kier alpha value is -0.450. The van der Waals surface area contributed by atoms with E-state index in [2.05, 4.69) is 6.92 Å². The third-order valence-electron chi connectivity index (χ3n) is 6.60. The summed E-state index contributed by atoms with van der Waals surface area (Å²) in [6.07, 6.45) is 5.45. The number of hydrogen-bond acceptors (Lipinski definition) is 4. The highest BCUT2D eigenvalue weighted by Crippen LogP contribution is 2.42. The van der Waals surface area contributed by atoms with Crippen molar-refractivity contribution in [1.82, 2.24) is 0 Å². The molecule has 0 aliphatic heterocycles. The van der Waals surface area contributed by atoms with Crippen molar-refractivity contribution < 1.29 is 19.7 Å². The minimum absolute atomic E-state index is 0.187. The van der Waals surface area contributed by atoms with E-state index in [1.54, 1.807) is 0 Å². The first-order chi connectivity index (χ1) is 11.7. The number of carbonyl (C=O) groups excluding carboxylic acids is 1. The number of aliphatic hydroxyl groups is 2. The van der Waals surface area contributed by atoms with Crippen molar-refractivity contribution in [3.8, 4) is 0 Å². The van der Waals surface area contributed by atoms with Crippen molar-refractivity contribution >= 4 is 5.78 Å². The lowest BCUT2D eigenvalue weighted by Gasteiger charge is -2.44. The predicted octanol–water partition coefficient (Wildman–Crippen LogP) is 4.90. The molecule has 0 aromatic heterocycles. The Kier molecular flexibility index (Phi) is 10.0. The zero-order chi connectivity index (χ0) is 20.6. The van der Waals surface area contributed by atoms with Gasteiger partial charge < -0.3 is 14.9 Å². The normalized spacial score (nSPS) is 15.8. The molecule has 0 fully saturated rings. The van der Waals surface area contributed by atoms with Gasteiger partial charge in [0.25, 0.3) is 0 Å². The molecule has 2 N–H and O–H groups in total. The van der Waals surface area contributed by atoms with Crippen molar-refractivity contribution in [3.63, 3.8) is 0 Å². The maximum Gasteiger partial charge on any atom is 0.141 e. The Morgan fingerprint density at radius 3 is 1.96 bits per heavy atom. The average Bonchev–Trinajstić information content (AvgIpc) is 2.49. The van der Waals surface area contributed by atoms with Crippen LogP contribution in [0.25, 0.3) is 0 Å². The molecule has 26 heavy (non-hydrogen) atoms. The Morgan fingerprint density at radius 2 is 1.50 bits per heavy atom. The number of ether oxygens (including phenoxy) is 1. The van der Waals surface area contributed by atoms with E-state index in [9.17, 15) is 9.90 Å². The number of Topliss-reactive ketones (excluding diaryl/α,β-unsaturated/α-hetero) is 1. The van der Waals surface area contributed by atoms with Gasteiger partial charge in [-0.1, -0.05) is 33.6 Å². The summed E-state index contributed by atoms with van der Waals surface area (Å²) in [6, 6.07) is 0. The number of ketones is 1. The smallest absolute Gasteiger partial charge is 0.141 e. The topological polar surface area (TPSA) is 66.8 Å². The van der Waals surface area contributed by atoms with Crippen LogP contribution >= 0.6 is 0 Å².